The van der Waals surface area contributed by atoms with Crippen molar-refractivity contribution in [3.05, 3.63) is 12.7 Å². The molecular weight excluding hydrogens is 442 g/mol. The lowest BCUT2D eigenvalue weighted by Gasteiger charge is -2.38. The first kappa shape index (κ1) is 23.5. The van der Waals surface area contributed by atoms with E-state index >= 15 is 0 Å². The van der Waals surface area contributed by atoms with Gasteiger partial charge in [0.15, 0.2) is 15.9 Å². The molecule has 10 heteroatoms. The van der Waals surface area contributed by atoms with Crippen LogP contribution in [0.3, 0.4) is 0 Å². The minimum Gasteiger partial charge on any atom is -0.461 e. The smallest absolute Gasteiger partial charge is 0.302 e. The Morgan fingerprint density at radius 2 is 1.93 bits per heavy atom. The first-order valence-electron chi connectivity index (χ1n) is 8.39. The van der Waals surface area contributed by atoms with Crippen LogP contribution in [-0.2, 0) is 23.7 Å². The second kappa shape index (κ2) is 7.80. The Morgan fingerprint density at radius 1 is 1.33 bits per heavy atom. The van der Waals surface area contributed by atoms with Crippen molar-refractivity contribution in [3.63, 3.8) is 0 Å². The van der Waals surface area contributed by atoms with Crippen molar-refractivity contribution in [3.8, 4) is 0 Å². The zero-order valence-electron chi connectivity index (χ0n) is 15.5. The number of hydrogen-bond donors (Lipinski definition) is 1. The van der Waals surface area contributed by atoms with E-state index in [4.69, 9.17) is 65.4 Å². The highest BCUT2D eigenvalue weighted by Gasteiger charge is 2.62. The Balaban J connectivity index is 2.24. The molecule has 2 saturated heterocycles. The normalized spacial score (nSPS) is 36.0. The van der Waals surface area contributed by atoms with E-state index in [2.05, 4.69) is 6.58 Å². The molecule has 0 saturated carbocycles. The van der Waals surface area contributed by atoms with Crippen LogP contribution in [0.25, 0.3) is 0 Å². The van der Waals surface area contributed by atoms with Crippen LogP contribution < -0.4 is 0 Å². The number of aliphatic hydroxyl groups is 1. The molecule has 0 aromatic carbocycles. The molecule has 0 aliphatic carbocycles. The number of hydrogen-bond acceptors (Lipinski definition) is 6. The highest BCUT2D eigenvalue weighted by atomic mass is 35.6. The van der Waals surface area contributed by atoms with Gasteiger partial charge in [0.05, 0.1) is 11.0 Å². The Labute approximate surface area is 179 Å². The third kappa shape index (κ3) is 5.43. The first-order valence-corrected chi connectivity index (χ1v) is 9.91. The summed E-state index contributed by atoms with van der Waals surface area (Å²) in [4.78, 5) is 10.4. The van der Waals surface area contributed by atoms with Gasteiger partial charge in [-0.1, -0.05) is 40.9 Å². The minimum absolute atomic E-state index is 0.0169. The zero-order valence-corrected chi connectivity index (χ0v) is 18.5. The molecule has 0 radical (unpaired) electrons. The molecule has 2 rings (SSSR count). The third-order valence-electron chi connectivity index (χ3n) is 4.61. The van der Waals surface area contributed by atoms with E-state index < -0.39 is 50.6 Å². The lowest BCUT2D eigenvalue weighted by molar-refractivity contribution is -0.226. The summed E-state index contributed by atoms with van der Waals surface area (Å²) < 4.78 is 21.0. The van der Waals surface area contributed by atoms with E-state index in [0.717, 1.165) is 0 Å². The van der Waals surface area contributed by atoms with E-state index in [0.29, 0.717) is 0 Å². The molecule has 0 amide bonds. The van der Waals surface area contributed by atoms with Gasteiger partial charge in [-0.05, 0) is 20.8 Å². The maximum Gasteiger partial charge on any atom is 0.302 e. The standard InChI is InChI=1S/C17H24Cl4O6/c1-6-16(23)11(25-13-12(16)26-14(3,4)27-13)7-10(24-9(2)22)15(5,18)8-17(19,20)21/h6,10-13,23H,1,7-8H2,2-5H3/t10-,11+,12?,13?,15?,16+/m0/s1. The summed E-state index contributed by atoms with van der Waals surface area (Å²) in [6, 6.07) is 0. The summed E-state index contributed by atoms with van der Waals surface area (Å²) in [5.74, 6) is -1.48. The van der Waals surface area contributed by atoms with Crippen LogP contribution in [0, 0.1) is 0 Å². The third-order valence-corrected chi connectivity index (χ3v) is 5.39. The summed E-state index contributed by atoms with van der Waals surface area (Å²) in [5, 5.41) is 11.1. The molecule has 2 heterocycles. The van der Waals surface area contributed by atoms with Gasteiger partial charge in [-0.2, -0.15) is 0 Å². The summed E-state index contributed by atoms with van der Waals surface area (Å²) in [7, 11) is 0. The van der Waals surface area contributed by atoms with Gasteiger partial charge in [0, 0.05) is 19.8 Å². The van der Waals surface area contributed by atoms with E-state index in [1.54, 1.807) is 20.8 Å². The van der Waals surface area contributed by atoms with Gasteiger partial charge in [0.1, 0.15) is 17.8 Å². The van der Waals surface area contributed by atoms with Crippen LogP contribution in [0.15, 0.2) is 12.7 Å². The van der Waals surface area contributed by atoms with Crippen molar-refractivity contribution in [2.45, 2.75) is 85.2 Å². The maximum absolute atomic E-state index is 11.6. The van der Waals surface area contributed by atoms with Gasteiger partial charge in [0.25, 0.3) is 0 Å². The largest absolute Gasteiger partial charge is 0.461 e. The topological polar surface area (TPSA) is 74.2 Å². The van der Waals surface area contributed by atoms with Gasteiger partial charge in [-0.25, -0.2) is 0 Å². The fourth-order valence-electron chi connectivity index (χ4n) is 3.41. The van der Waals surface area contributed by atoms with Crippen LogP contribution in [0.1, 0.15) is 40.5 Å². The van der Waals surface area contributed by atoms with Gasteiger partial charge >= 0.3 is 5.97 Å². The van der Waals surface area contributed by atoms with Crippen molar-refractivity contribution in [1.82, 2.24) is 0 Å². The molecule has 1 N–H and O–H groups in total. The maximum atomic E-state index is 11.6. The summed E-state index contributed by atoms with van der Waals surface area (Å²) in [6.07, 6.45) is -2.13. The average Bonchev–Trinajstić information content (AvgIpc) is 2.88. The number of rotatable bonds is 6. The molecule has 2 aliphatic rings. The molecule has 0 spiro atoms. The number of halogens is 4. The number of ether oxygens (including phenoxy) is 4. The molecule has 27 heavy (non-hydrogen) atoms. The Kier molecular flexibility index (Phi) is 6.79. The molecule has 0 bridgehead atoms. The summed E-state index contributed by atoms with van der Waals surface area (Å²) in [5.41, 5.74) is -1.58. The first-order chi connectivity index (χ1) is 12.1. The molecule has 3 unspecified atom stereocenters. The summed E-state index contributed by atoms with van der Waals surface area (Å²) in [6.45, 7) is 9.95. The molecule has 0 aromatic heterocycles. The number of carbonyl (C=O) groups excluding carboxylic acids is 1. The fraction of sp³-hybridized carbons (Fsp3) is 0.824. The van der Waals surface area contributed by atoms with Gasteiger partial charge in [-0.3, -0.25) is 4.79 Å². The van der Waals surface area contributed by atoms with E-state index in [1.807, 2.05) is 0 Å². The van der Waals surface area contributed by atoms with Crippen LogP contribution in [0.2, 0.25) is 0 Å². The number of carbonyl (C=O) groups is 1. The quantitative estimate of drug-likeness (QED) is 0.364. The molecule has 6 atom stereocenters. The lowest BCUT2D eigenvalue weighted by Crippen LogP contribution is -2.51. The SMILES string of the molecule is C=C[C@]1(O)C2OC(C)(C)OC2O[C@@H]1C[C@H](OC(C)=O)C(C)(Cl)CC(Cl)(Cl)Cl. The monoisotopic (exact) mass is 464 g/mol. The van der Waals surface area contributed by atoms with Crippen molar-refractivity contribution in [2.24, 2.45) is 0 Å². The fourth-order valence-corrected chi connectivity index (χ4v) is 4.78. The van der Waals surface area contributed by atoms with E-state index in [9.17, 15) is 9.90 Å². The number of esters is 1. The molecule has 2 aliphatic heterocycles. The molecular formula is C17H24Cl4O6. The van der Waals surface area contributed by atoms with E-state index in [-0.39, 0.29) is 12.8 Å². The minimum atomic E-state index is -1.66. The second-order valence-corrected chi connectivity index (χ2v) is 10.9. The van der Waals surface area contributed by atoms with Crippen molar-refractivity contribution >= 4 is 52.4 Å². The highest BCUT2D eigenvalue weighted by Crippen LogP contribution is 2.47. The predicted molar refractivity (Wildman–Crippen MR) is 103 cm³/mol. The Morgan fingerprint density at radius 3 is 2.41 bits per heavy atom. The van der Waals surface area contributed by atoms with Crippen molar-refractivity contribution < 1.29 is 28.8 Å². The van der Waals surface area contributed by atoms with Gasteiger partial charge in [0.2, 0.25) is 0 Å². The van der Waals surface area contributed by atoms with Crippen molar-refractivity contribution in [2.75, 3.05) is 0 Å². The van der Waals surface area contributed by atoms with Crippen LogP contribution in [-0.4, -0.2) is 55.7 Å². The Hall–Kier alpha value is 0.210. The van der Waals surface area contributed by atoms with Crippen LogP contribution in [0.5, 0.6) is 0 Å². The van der Waals surface area contributed by atoms with Crippen LogP contribution in [0.4, 0.5) is 0 Å². The molecule has 6 nitrogen and oxygen atoms in total. The number of fused-ring (bicyclic) bond motifs is 1. The van der Waals surface area contributed by atoms with E-state index in [1.165, 1.54) is 13.0 Å². The lowest BCUT2D eigenvalue weighted by atomic mass is 9.86. The van der Waals surface area contributed by atoms with Gasteiger partial charge < -0.3 is 24.1 Å². The predicted octanol–water partition coefficient (Wildman–Crippen LogP) is 3.86. The molecule has 0 aromatic rings. The Bertz CT molecular complexity index is 590. The second-order valence-electron chi connectivity index (χ2n) is 7.54. The van der Waals surface area contributed by atoms with Gasteiger partial charge in [-0.15, -0.1) is 18.2 Å². The molecule has 2 fully saturated rings. The van der Waals surface area contributed by atoms with Crippen LogP contribution >= 0.6 is 46.4 Å². The molecule has 156 valence electrons. The summed E-state index contributed by atoms with van der Waals surface area (Å²) >= 11 is 24.2. The highest BCUT2D eigenvalue weighted by molar-refractivity contribution is 6.67. The zero-order chi connectivity index (χ0) is 20.8. The van der Waals surface area contributed by atoms with Crippen molar-refractivity contribution in [1.29, 1.82) is 0 Å². The number of alkyl halides is 4. The average molecular weight is 466 g/mol.